The van der Waals surface area contributed by atoms with Crippen LogP contribution in [0.2, 0.25) is 0 Å². The average molecular weight is 279 g/mol. The fourth-order valence-electron chi connectivity index (χ4n) is 3.55. The Morgan fingerprint density at radius 2 is 2.10 bits per heavy atom. The molecule has 2 rings (SSSR count). The number of hydrogen-bond acceptors (Lipinski definition) is 2. The van der Waals surface area contributed by atoms with E-state index < -0.39 is 0 Å². The summed E-state index contributed by atoms with van der Waals surface area (Å²) >= 11 is 0. The van der Waals surface area contributed by atoms with Gasteiger partial charge in [0.05, 0.1) is 6.61 Å². The molecule has 0 bridgehead atoms. The molecule has 112 valence electrons. The average Bonchev–Trinajstić information content (AvgIpc) is 2.30. The molecule has 0 amide bonds. The Morgan fingerprint density at radius 3 is 2.70 bits per heavy atom. The summed E-state index contributed by atoms with van der Waals surface area (Å²) in [6, 6.07) is 5.57. The predicted molar refractivity (Wildman–Crippen MR) is 81.8 cm³/mol. The number of hydrogen-bond donors (Lipinski definition) is 1. The zero-order valence-electron chi connectivity index (χ0n) is 13.0. The molecule has 2 unspecified atom stereocenters. The van der Waals surface area contributed by atoms with E-state index >= 15 is 0 Å². The molecular weight excluding hydrogens is 253 g/mol. The summed E-state index contributed by atoms with van der Waals surface area (Å²) < 4.78 is 19.1. The number of halogens is 1. The molecule has 0 aromatic heterocycles. The van der Waals surface area contributed by atoms with Crippen LogP contribution in [0.4, 0.5) is 10.1 Å². The summed E-state index contributed by atoms with van der Waals surface area (Å²) in [4.78, 5) is 0. The molecule has 2 atom stereocenters. The van der Waals surface area contributed by atoms with E-state index in [1.807, 2.05) is 13.0 Å². The van der Waals surface area contributed by atoms with Gasteiger partial charge in [0.15, 0.2) is 11.6 Å². The molecule has 2 nitrogen and oxygen atoms in total. The Kier molecular flexibility index (Phi) is 4.56. The first-order valence-electron chi connectivity index (χ1n) is 7.58. The van der Waals surface area contributed by atoms with Crippen LogP contribution < -0.4 is 10.1 Å². The van der Waals surface area contributed by atoms with Gasteiger partial charge in [-0.2, -0.15) is 0 Å². The van der Waals surface area contributed by atoms with Crippen LogP contribution in [0.5, 0.6) is 5.75 Å². The van der Waals surface area contributed by atoms with E-state index in [0.717, 1.165) is 18.5 Å². The quantitative estimate of drug-likeness (QED) is 0.850. The van der Waals surface area contributed by atoms with Gasteiger partial charge >= 0.3 is 0 Å². The number of rotatable bonds is 4. The van der Waals surface area contributed by atoms with Crippen molar-refractivity contribution in [3.63, 3.8) is 0 Å². The second-order valence-electron chi connectivity index (χ2n) is 6.83. The third-order valence-corrected chi connectivity index (χ3v) is 3.99. The number of nitrogens with one attached hydrogen (secondary N) is 1. The van der Waals surface area contributed by atoms with Crippen molar-refractivity contribution in [2.75, 3.05) is 11.9 Å². The van der Waals surface area contributed by atoms with Crippen molar-refractivity contribution in [2.45, 2.75) is 53.0 Å². The first-order chi connectivity index (χ1) is 9.39. The van der Waals surface area contributed by atoms with Gasteiger partial charge in [-0.25, -0.2) is 4.39 Å². The van der Waals surface area contributed by atoms with Crippen LogP contribution in [0.15, 0.2) is 18.2 Å². The molecule has 0 radical (unpaired) electrons. The minimum Gasteiger partial charge on any atom is -0.491 e. The monoisotopic (exact) mass is 279 g/mol. The fourth-order valence-corrected chi connectivity index (χ4v) is 3.55. The Morgan fingerprint density at radius 1 is 1.35 bits per heavy atom. The lowest BCUT2D eigenvalue weighted by Gasteiger charge is -2.39. The van der Waals surface area contributed by atoms with Crippen LogP contribution in [0, 0.1) is 17.2 Å². The van der Waals surface area contributed by atoms with Crippen molar-refractivity contribution >= 4 is 5.69 Å². The Bertz CT molecular complexity index is 458. The lowest BCUT2D eigenvalue weighted by Crippen LogP contribution is -2.35. The second kappa shape index (κ2) is 6.02. The number of anilines is 1. The molecule has 0 spiro atoms. The van der Waals surface area contributed by atoms with Crippen LogP contribution in [0.25, 0.3) is 0 Å². The maximum atomic E-state index is 13.9. The van der Waals surface area contributed by atoms with E-state index in [1.54, 1.807) is 6.07 Å². The normalized spacial score (nSPS) is 25.2. The van der Waals surface area contributed by atoms with E-state index in [-0.39, 0.29) is 5.82 Å². The number of ether oxygens (including phenoxy) is 1. The zero-order valence-corrected chi connectivity index (χ0v) is 13.0. The van der Waals surface area contributed by atoms with Crippen LogP contribution in [0.3, 0.4) is 0 Å². The standard InChI is InChI=1S/C17H26FNO/c1-5-20-16-7-6-13(9-15(16)18)19-14-8-12(2)10-17(3,4)11-14/h6-7,9,12,14,19H,5,8,10-11H2,1-4H3. The highest BCUT2D eigenvalue weighted by molar-refractivity contribution is 5.48. The Hall–Kier alpha value is -1.25. The van der Waals surface area contributed by atoms with Gasteiger partial charge in [0.25, 0.3) is 0 Å². The summed E-state index contributed by atoms with van der Waals surface area (Å²) in [6.45, 7) is 9.27. The molecule has 1 aliphatic carbocycles. The minimum atomic E-state index is -0.292. The Labute approximate surface area is 121 Å². The highest BCUT2D eigenvalue weighted by Gasteiger charge is 2.31. The first-order valence-corrected chi connectivity index (χ1v) is 7.58. The highest BCUT2D eigenvalue weighted by atomic mass is 19.1. The van der Waals surface area contributed by atoms with E-state index in [0.29, 0.717) is 29.7 Å². The SMILES string of the molecule is CCOc1ccc(NC2CC(C)CC(C)(C)C2)cc1F. The summed E-state index contributed by atoms with van der Waals surface area (Å²) in [5, 5.41) is 3.48. The van der Waals surface area contributed by atoms with Crippen LogP contribution in [-0.4, -0.2) is 12.6 Å². The molecule has 1 N–H and O–H groups in total. The summed E-state index contributed by atoms with van der Waals surface area (Å²) in [7, 11) is 0. The van der Waals surface area contributed by atoms with Gasteiger partial charge in [0.1, 0.15) is 0 Å². The van der Waals surface area contributed by atoms with E-state index in [4.69, 9.17) is 4.74 Å². The largest absolute Gasteiger partial charge is 0.491 e. The first kappa shape index (κ1) is 15.1. The van der Waals surface area contributed by atoms with Gasteiger partial charge in [0.2, 0.25) is 0 Å². The van der Waals surface area contributed by atoms with E-state index in [1.165, 1.54) is 12.5 Å². The predicted octanol–water partition coefficient (Wildman–Crippen LogP) is 4.85. The van der Waals surface area contributed by atoms with Gasteiger partial charge in [-0.1, -0.05) is 20.8 Å². The molecule has 1 fully saturated rings. The van der Waals surface area contributed by atoms with E-state index in [2.05, 4.69) is 26.1 Å². The topological polar surface area (TPSA) is 21.3 Å². The molecule has 0 aliphatic heterocycles. The summed E-state index contributed by atoms with van der Waals surface area (Å²) in [6.07, 6.45) is 3.55. The molecule has 1 saturated carbocycles. The molecule has 0 saturated heterocycles. The molecule has 1 aromatic rings. The van der Waals surface area contributed by atoms with Gasteiger partial charge in [0, 0.05) is 17.8 Å². The lowest BCUT2D eigenvalue weighted by atomic mass is 9.70. The van der Waals surface area contributed by atoms with Crippen molar-refractivity contribution < 1.29 is 9.13 Å². The summed E-state index contributed by atoms with van der Waals surface area (Å²) in [5.74, 6) is 0.749. The van der Waals surface area contributed by atoms with Gasteiger partial charge in [-0.3, -0.25) is 0 Å². The van der Waals surface area contributed by atoms with Crippen LogP contribution in [0.1, 0.15) is 47.0 Å². The number of benzene rings is 1. The maximum Gasteiger partial charge on any atom is 0.167 e. The molecule has 20 heavy (non-hydrogen) atoms. The Balaban J connectivity index is 2.04. The lowest BCUT2D eigenvalue weighted by molar-refractivity contribution is 0.178. The third-order valence-electron chi connectivity index (χ3n) is 3.99. The van der Waals surface area contributed by atoms with Gasteiger partial charge in [-0.05, 0) is 49.7 Å². The third kappa shape index (κ3) is 3.87. The second-order valence-corrected chi connectivity index (χ2v) is 6.83. The van der Waals surface area contributed by atoms with Crippen molar-refractivity contribution in [3.05, 3.63) is 24.0 Å². The highest BCUT2D eigenvalue weighted by Crippen LogP contribution is 2.39. The molecule has 0 heterocycles. The molecular formula is C17H26FNO. The fraction of sp³-hybridized carbons (Fsp3) is 0.647. The smallest absolute Gasteiger partial charge is 0.167 e. The molecule has 1 aliphatic rings. The maximum absolute atomic E-state index is 13.9. The van der Waals surface area contributed by atoms with Crippen LogP contribution in [-0.2, 0) is 0 Å². The van der Waals surface area contributed by atoms with Gasteiger partial charge in [-0.15, -0.1) is 0 Å². The van der Waals surface area contributed by atoms with Crippen molar-refractivity contribution in [1.29, 1.82) is 0 Å². The molecule has 3 heteroatoms. The minimum absolute atomic E-state index is 0.292. The van der Waals surface area contributed by atoms with Crippen molar-refractivity contribution in [2.24, 2.45) is 11.3 Å². The van der Waals surface area contributed by atoms with Crippen molar-refractivity contribution in [3.8, 4) is 5.75 Å². The van der Waals surface area contributed by atoms with E-state index in [9.17, 15) is 4.39 Å². The molecule has 1 aromatic carbocycles. The van der Waals surface area contributed by atoms with Gasteiger partial charge < -0.3 is 10.1 Å². The summed E-state index contributed by atoms with van der Waals surface area (Å²) in [5.41, 5.74) is 1.21. The zero-order chi connectivity index (χ0) is 14.8. The van der Waals surface area contributed by atoms with Crippen LogP contribution >= 0.6 is 0 Å². The van der Waals surface area contributed by atoms with Crippen molar-refractivity contribution in [1.82, 2.24) is 0 Å².